The molecule has 0 radical (unpaired) electrons. The first-order chi connectivity index (χ1) is 5.96. The summed E-state index contributed by atoms with van der Waals surface area (Å²) in [5, 5.41) is 8.04. The van der Waals surface area contributed by atoms with E-state index in [2.05, 4.69) is 0 Å². The van der Waals surface area contributed by atoms with Crippen molar-refractivity contribution in [2.45, 2.75) is 31.9 Å². The second kappa shape index (κ2) is 5.57. The van der Waals surface area contributed by atoms with E-state index in [4.69, 9.17) is 5.11 Å². The molecule has 0 aromatic rings. The van der Waals surface area contributed by atoms with Gasteiger partial charge in [-0.25, -0.2) is 12.7 Å². The first-order valence-electron chi connectivity index (χ1n) is 4.52. The van der Waals surface area contributed by atoms with Crippen LogP contribution in [0.25, 0.3) is 0 Å². The highest BCUT2D eigenvalue weighted by Gasteiger charge is 2.24. The summed E-state index contributed by atoms with van der Waals surface area (Å²) < 4.78 is 24.4. The van der Waals surface area contributed by atoms with Crippen LogP contribution in [-0.4, -0.2) is 43.3 Å². The molecule has 1 atom stereocenters. The maximum absolute atomic E-state index is 11.5. The monoisotopic (exact) mass is 209 g/mol. The molecule has 0 aliphatic rings. The largest absolute Gasteiger partial charge is 0.395 e. The molecule has 0 aromatic carbocycles. The van der Waals surface area contributed by atoms with E-state index in [1.807, 2.05) is 6.92 Å². The van der Waals surface area contributed by atoms with Crippen LogP contribution in [0.15, 0.2) is 0 Å². The van der Waals surface area contributed by atoms with Gasteiger partial charge in [-0.1, -0.05) is 13.3 Å². The van der Waals surface area contributed by atoms with Gasteiger partial charge < -0.3 is 5.11 Å². The fraction of sp³-hybridized carbons (Fsp3) is 1.00. The molecule has 5 heteroatoms. The van der Waals surface area contributed by atoms with E-state index in [1.54, 1.807) is 7.05 Å². The summed E-state index contributed by atoms with van der Waals surface area (Å²) in [6.07, 6.45) is 1.82. The summed E-state index contributed by atoms with van der Waals surface area (Å²) in [6, 6.07) is 0. The van der Waals surface area contributed by atoms with Gasteiger partial charge >= 0.3 is 0 Å². The average Bonchev–Trinajstić information content (AvgIpc) is 2.12. The van der Waals surface area contributed by atoms with Crippen LogP contribution in [0.4, 0.5) is 0 Å². The molecule has 1 unspecified atom stereocenters. The molecule has 1 N–H and O–H groups in total. The number of sulfonamides is 1. The van der Waals surface area contributed by atoms with Crippen LogP contribution in [-0.2, 0) is 10.0 Å². The fourth-order valence-corrected chi connectivity index (χ4v) is 2.10. The van der Waals surface area contributed by atoms with E-state index >= 15 is 0 Å². The lowest BCUT2D eigenvalue weighted by atomic mass is 10.3. The van der Waals surface area contributed by atoms with Gasteiger partial charge in [0.1, 0.15) is 0 Å². The van der Waals surface area contributed by atoms with Gasteiger partial charge in [-0.3, -0.25) is 0 Å². The quantitative estimate of drug-likeness (QED) is 0.690. The lowest BCUT2D eigenvalue weighted by Crippen LogP contribution is -2.36. The molecule has 0 saturated heterocycles. The number of aliphatic hydroxyl groups excluding tert-OH is 1. The number of aliphatic hydroxyl groups is 1. The molecule has 0 saturated carbocycles. The van der Waals surface area contributed by atoms with E-state index in [0.29, 0.717) is 6.54 Å². The topological polar surface area (TPSA) is 57.6 Å². The van der Waals surface area contributed by atoms with Gasteiger partial charge in [0.25, 0.3) is 0 Å². The Hall–Kier alpha value is -0.130. The zero-order valence-corrected chi connectivity index (χ0v) is 9.34. The molecular weight excluding hydrogens is 190 g/mol. The molecule has 0 aliphatic heterocycles. The van der Waals surface area contributed by atoms with Crippen LogP contribution in [0.1, 0.15) is 26.7 Å². The molecule has 4 nitrogen and oxygen atoms in total. The van der Waals surface area contributed by atoms with Crippen LogP contribution in [0.5, 0.6) is 0 Å². The van der Waals surface area contributed by atoms with E-state index in [-0.39, 0.29) is 6.61 Å². The Morgan fingerprint density at radius 3 is 2.38 bits per heavy atom. The van der Waals surface area contributed by atoms with Gasteiger partial charge in [-0.15, -0.1) is 0 Å². The Labute approximate surface area is 80.6 Å². The van der Waals surface area contributed by atoms with Gasteiger partial charge in [-0.05, 0) is 13.3 Å². The zero-order valence-electron chi connectivity index (χ0n) is 8.52. The zero-order chi connectivity index (χ0) is 10.5. The number of rotatable bonds is 6. The average molecular weight is 209 g/mol. The second-order valence-electron chi connectivity index (χ2n) is 3.21. The normalized spacial score (nSPS) is 14.8. The molecule has 13 heavy (non-hydrogen) atoms. The van der Waals surface area contributed by atoms with Gasteiger partial charge in [0.15, 0.2) is 0 Å². The third kappa shape index (κ3) is 3.62. The van der Waals surface area contributed by atoms with Gasteiger partial charge in [0.2, 0.25) is 10.0 Å². The van der Waals surface area contributed by atoms with Crippen molar-refractivity contribution in [2.24, 2.45) is 0 Å². The first kappa shape index (κ1) is 12.9. The van der Waals surface area contributed by atoms with Crippen LogP contribution >= 0.6 is 0 Å². The molecule has 0 rings (SSSR count). The first-order valence-corrected chi connectivity index (χ1v) is 6.03. The van der Waals surface area contributed by atoms with Gasteiger partial charge in [-0.2, -0.15) is 0 Å². The summed E-state index contributed by atoms with van der Waals surface area (Å²) in [5.41, 5.74) is 0. The van der Waals surface area contributed by atoms with Crippen molar-refractivity contribution in [2.75, 3.05) is 20.2 Å². The summed E-state index contributed by atoms with van der Waals surface area (Å²) in [4.78, 5) is 0. The molecule has 80 valence electrons. The molecular formula is C8H19NO3S. The summed E-state index contributed by atoms with van der Waals surface area (Å²) >= 11 is 0. The van der Waals surface area contributed by atoms with E-state index in [9.17, 15) is 8.42 Å². The Bertz CT molecular complexity index is 226. The van der Waals surface area contributed by atoms with Crippen molar-refractivity contribution in [3.8, 4) is 0 Å². The highest BCUT2D eigenvalue weighted by Crippen LogP contribution is 2.07. The fourth-order valence-electron chi connectivity index (χ4n) is 0.909. The standard InChI is InChI=1S/C8H19NO3S/c1-4-5-6-9(3)13(11,12)8(2)7-10/h8,10H,4-7H2,1-3H3. The van der Waals surface area contributed by atoms with Crippen molar-refractivity contribution >= 4 is 10.0 Å². The van der Waals surface area contributed by atoms with Crippen molar-refractivity contribution in [1.82, 2.24) is 4.31 Å². The number of nitrogens with zero attached hydrogens (tertiary/aromatic N) is 1. The second-order valence-corrected chi connectivity index (χ2v) is 5.67. The number of unbranched alkanes of at least 4 members (excludes halogenated alkanes) is 1. The Balaban J connectivity index is 4.28. The van der Waals surface area contributed by atoms with Crippen LogP contribution in [0, 0.1) is 0 Å². The van der Waals surface area contributed by atoms with Crippen molar-refractivity contribution in [3.05, 3.63) is 0 Å². The van der Waals surface area contributed by atoms with Crippen molar-refractivity contribution < 1.29 is 13.5 Å². The molecule has 0 fully saturated rings. The maximum Gasteiger partial charge on any atom is 0.218 e. The Morgan fingerprint density at radius 1 is 1.46 bits per heavy atom. The summed E-state index contributed by atoms with van der Waals surface area (Å²) in [7, 11) is -1.73. The molecule has 0 bridgehead atoms. The predicted molar refractivity (Wildman–Crippen MR) is 53.0 cm³/mol. The Morgan fingerprint density at radius 2 is 2.00 bits per heavy atom. The molecule has 0 heterocycles. The smallest absolute Gasteiger partial charge is 0.218 e. The summed E-state index contributed by atoms with van der Waals surface area (Å²) in [6.45, 7) is 3.73. The van der Waals surface area contributed by atoms with E-state index < -0.39 is 15.3 Å². The highest BCUT2D eigenvalue weighted by molar-refractivity contribution is 7.89. The minimum atomic E-state index is -3.28. The molecule has 0 amide bonds. The maximum atomic E-state index is 11.5. The van der Waals surface area contributed by atoms with Crippen molar-refractivity contribution in [1.29, 1.82) is 0 Å². The van der Waals surface area contributed by atoms with Crippen LogP contribution in [0.2, 0.25) is 0 Å². The predicted octanol–water partition coefficient (Wildman–Crippen LogP) is 0.429. The molecule has 0 aliphatic carbocycles. The minimum absolute atomic E-state index is 0.321. The molecule has 0 spiro atoms. The van der Waals surface area contributed by atoms with E-state index in [0.717, 1.165) is 12.8 Å². The SMILES string of the molecule is CCCCN(C)S(=O)(=O)C(C)CO. The minimum Gasteiger partial charge on any atom is -0.395 e. The van der Waals surface area contributed by atoms with Crippen LogP contribution < -0.4 is 0 Å². The highest BCUT2D eigenvalue weighted by atomic mass is 32.2. The number of hydrogen-bond donors (Lipinski definition) is 1. The summed E-state index contributed by atoms with van der Waals surface area (Å²) in [5.74, 6) is 0. The lowest BCUT2D eigenvalue weighted by Gasteiger charge is -2.20. The van der Waals surface area contributed by atoms with Gasteiger partial charge in [0.05, 0.1) is 11.9 Å². The van der Waals surface area contributed by atoms with Crippen molar-refractivity contribution in [3.63, 3.8) is 0 Å². The lowest BCUT2D eigenvalue weighted by molar-refractivity contribution is 0.290. The van der Waals surface area contributed by atoms with Crippen LogP contribution in [0.3, 0.4) is 0 Å². The number of hydrogen-bond acceptors (Lipinski definition) is 3. The third-order valence-corrected chi connectivity index (χ3v) is 4.24. The van der Waals surface area contributed by atoms with E-state index in [1.165, 1.54) is 11.2 Å². The third-order valence-electron chi connectivity index (χ3n) is 2.03. The molecule has 0 aromatic heterocycles. The van der Waals surface area contributed by atoms with Gasteiger partial charge in [0, 0.05) is 13.6 Å². The Kier molecular flexibility index (Phi) is 5.51.